The summed E-state index contributed by atoms with van der Waals surface area (Å²) in [6, 6.07) is 44.2. The first-order valence-electron chi connectivity index (χ1n) is 8.69. The monoisotopic (exact) mass is 496 g/mol. The Hall–Kier alpha value is -2.11. The van der Waals surface area contributed by atoms with E-state index >= 15 is 0 Å². The molecule has 3 heteroatoms. The summed E-state index contributed by atoms with van der Waals surface area (Å²) in [5.41, 5.74) is 0. The molecule has 0 heterocycles. The predicted molar refractivity (Wildman–Crippen MR) is 111 cm³/mol. The van der Waals surface area contributed by atoms with Crippen LogP contribution in [-0.2, 0) is 22.4 Å². The van der Waals surface area contributed by atoms with E-state index in [-0.39, 0.29) is 0 Å². The van der Waals surface area contributed by atoms with Crippen molar-refractivity contribution in [1.82, 2.24) is 0 Å². The van der Waals surface area contributed by atoms with E-state index in [1.54, 1.807) is 0 Å². The first-order chi connectivity index (χ1) is 13.4. The minimum absolute atomic E-state index is 0.900. The van der Waals surface area contributed by atoms with Crippen molar-refractivity contribution < 1.29 is 22.4 Å². The van der Waals surface area contributed by atoms with Crippen LogP contribution in [0.15, 0.2) is 121 Å². The quantitative estimate of drug-likeness (QED) is 0.397. The van der Waals surface area contributed by atoms with Gasteiger partial charge < -0.3 is 0 Å². The third kappa shape index (κ3) is 3.94. The van der Waals surface area contributed by atoms with Crippen LogP contribution in [0.25, 0.3) is 0 Å². The van der Waals surface area contributed by atoms with Gasteiger partial charge in [-0.2, -0.15) is 0 Å². The Balaban J connectivity index is 0.00000102. The van der Waals surface area contributed by atoms with Gasteiger partial charge in [0.25, 0.3) is 0 Å². The van der Waals surface area contributed by atoms with Crippen LogP contribution in [0.1, 0.15) is 0 Å². The predicted octanol–water partition coefficient (Wildman–Crippen LogP) is 2.94. The fraction of sp³-hybridized carbons (Fsp3) is 0. The number of hydrogen-bond acceptors (Lipinski definition) is 1. The molecular formula is C24H20AsOTc. The summed E-state index contributed by atoms with van der Waals surface area (Å²) < 4.78 is 14.0. The molecule has 27 heavy (non-hydrogen) atoms. The molecule has 0 amide bonds. The van der Waals surface area contributed by atoms with E-state index in [2.05, 4.69) is 121 Å². The van der Waals surface area contributed by atoms with E-state index < -0.39 is 13.6 Å². The average Bonchev–Trinajstić information content (AvgIpc) is 2.79. The van der Waals surface area contributed by atoms with Crippen LogP contribution >= 0.6 is 0 Å². The van der Waals surface area contributed by atoms with Gasteiger partial charge in [0.1, 0.15) is 0 Å². The van der Waals surface area contributed by atoms with Gasteiger partial charge in [0, 0.05) is 0 Å². The van der Waals surface area contributed by atoms with Gasteiger partial charge in [-0.05, 0) is 0 Å². The summed E-state index contributed by atoms with van der Waals surface area (Å²) in [6.45, 7) is 0. The molecule has 0 atom stereocenters. The van der Waals surface area contributed by atoms with Gasteiger partial charge in [0.15, 0.2) is 0 Å². The molecule has 134 valence electrons. The Morgan fingerprint density at radius 3 is 0.741 bits per heavy atom. The van der Waals surface area contributed by atoms with E-state index in [4.69, 9.17) is 3.50 Å². The van der Waals surface area contributed by atoms with E-state index in [0.29, 0.717) is 0 Å². The van der Waals surface area contributed by atoms with Crippen molar-refractivity contribution in [2.24, 2.45) is 0 Å². The number of benzene rings is 4. The van der Waals surface area contributed by atoms with Crippen molar-refractivity contribution in [1.29, 1.82) is 0 Å². The second-order valence-corrected chi connectivity index (χ2v) is 13.2. The first kappa shape index (κ1) is 19.6. The van der Waals surface area contributed by atoms with Gasteiger partial charge in [0.05, 0.1) is 0 Å². The van der Waals surface area contributed by atoms with Gasteiger partial charge in [-0.15, -0.1) is 0 Å². The topological polar surface area (TPSA) is 17.1 Å². The molecule has 0 spiro atoms. The average molecular weight is 497 g/mol. The van der Waals surface area contributed by atoms with Crippen LogP contribution in [-0.4, -0.2) is 13.6 Å². The van der Waals surface area contributed by atoms with Gasteiger partial charge in [-0.3, -0.25) is 0 Å². The molecule has 0 unspecified atom stereocenters. The van der Waals surface area contributed by atoms with Crippen molar-refractivity contribution in [3.8, 4) is 0 Å². The molecule has 0 saturated carbocycles. The second-order valence-electron chi connectivity index (χ2n) is 6.01. The van der Waals surface area contributed by atoms with Crippen LogP contribution in [0.4, 0.5) is 0 Å². The summed E-state index contributed by atoms with van der Waals surface area (Å²) in [7, 11) is 0. The Morgan fingerprint density at radius 1 is 0.370 bits per heavy atom. The van der Waals surface area contributed by atoms with Crippen LogP contribution in [0.2, 0.25) is 0 Å². The van der Waals surface area contributed by atoms with Crippen LogP contribution in [0.3, 0.4) is 0 Å². The Morgan fingerprint density at radius 2 is 0.556 bits per heavy atom. The number of hydrogen-bond donors (Lipinski definition) is 0. The van der Waals surface area contributed by atoms with E-state index in [1.165, 1.54) is 17.4 Å². The minimum atomic E-state index is -2.77. The summed E-state index contributed by atoms with van der Waals surface area (Å²) in [4.78, 5) is 0. The SMILES string of the molecule is [O]=[Tc].c1ccc([As](c2ccccc2)(c2ccccc2)c2ccccc2)cc1. The first-order valence-corrected chi connectivity index (χ1v) is 13.2. The molecule has 4 rings (SSSR count). The molecule has 0 aliphatic heterocycles. The van der Waals surface area contributed by atoms with Gasteiger partial charge >= 0.3 is 175 Å². The van der Waals surface area contributed by atoms with Crippen LogP contribution < -0.4 is 17.4 Å². The summed E-state index contributed by atoms with van der Waals surface area (Å²) >= 11 is -1.87. The molecule has 0 fully saturated rings. The van der Waals surface area contributed by atoms with Crippen molar-refractivity contribution in [2.75, 3.05) is 0 Å². The third-order valence-corrected chi connectivity index (χ3v) is 13.6. The zero-order valence-electron chi connectivity index (χ0n) is 14.8. The molecule has 1 nitrogen and oxygen atoms in total. The van der Waals surface area contributed by atoms with Crippen LogP contribution in [0.5, 0.6) is 0 Å². The normalized spacial score (nSPS) is 10.5. The Kier molecular flexibility index (Phi) is 7.07. The summed E-state index contributed by atoms with van der Waals surface area (Å²) in [5, 5.41) is 0. The molecule has 1 radical (unpaired) electrons. The van der Waals surface area contributed by atoms with Crippen molar-refractivity contribution in [3.05, 3.63) is 121 Å². The number of rotatable bonds is 4. The molecule has 0 aliphatic carbocycles. The Bertz CT molecular complexity index is 781. The van der Waals surface area contributed by atoms with E-state index in [0.717, 1.165) is 18.9 Å². The van der Waals surface area contributed by atoms with Gasteiger partial charge in [0.2, 0.25) is 0 Å². The summed E-state index contributed by atoms with van der Waals surface area (Å²) in [6.07, 6.45) is 0. The third-order valence-electron chi connectivity index (χ3n) is 4.57. The standard InChI is InChI=1S/C24H20As.O.Tc/c1-5-13-21(14-6-1)25(22-15-7-2-8-16-22,23-17-9-3-10-18-23)24-19-11-4-12-20-24;;/h1-20H;;. The maximum absolute atomic E-state index is 8.22. The second kappa shape index (κ2) is 9.72. The van der Waals surface area contributed by atoms with Gasteiger partial charge in [-0.1, -0.05) is 0 Å². The molecule has 4 aromatic rings. The fourth-order valence-corrected chi connectivity index (χ4v) is 12.5. The summed E-state index contributed by atoms with van der Waals surface area (Å²) in [5.74, 6) is 0. The van der Waals surface area contributed by atoms with Crippen LogP contribution in [0, 0.1) is 0 Å². The molecule has 0 saturated heterocycles. The molecule has 0 N–H and O–H groups in total. The van der Waals surface area contributed by atoms with Crippen molar-refractivity contribution >= 4 is 31.0 Å². The fourth-order valence-electron chi connectivity index (χ4n) is 3.50. The zero-order chi connectivity index (χ0) is 19.0. The Labute approximate surface area is 174 Å². The molecule has 0 aliphatic rings. The zero-order valence-corrected chi connectivity index (χ0v) is 18.5. The van der Waals surface area contributed by atoms with Crippen molar-refractivity contribution in [3.63, 3.8) is 0 Å². The van der Waals surface area contributed by atoms with Gasteiger partial charge in [-0.25, -0.2) is 0 Å². The molecule has 4 aromatic carbocycles. The molecule has 0 aromatic heterocycles. The van der Waals surface area contributed by atoms with E-state index in [9.17, 15) is 0 Å². The molecule has 0 bridgehead atoms. The van der Waals surface area contributed by atoms with E-state index in [1.807, 2.05) is 0 Å². The van der Waals surface area contributed by atoms with Crippen molar-refractivity contribution in [2.45, 2.75) is 0 Å². The maximum atomic E-state index is 8.22. The molecular weight excluding hydrogens is 477 g/mol.